The maximum Gasteiger partial charge on any atom is 0.416 e. The Morgan fingerprint density at radius 2 is 1.71 bits per heavy atom. The van der Waals surface area contributed by atoms with Crippen molar-refractivity contribution in [1.29, 1.82) is 0 Å². The summed E-state index contributed by atoms with van der Waals surface area (Å²) in [6.07, 6.45) is -4.71. The molecule has 1 N–H and O–H groups in total. The summed E-state index contributed by atoms with van der Waals surface area (Å²) in [4.78, 5) is 33.2. The Labute approximate surface area is 132 Å². The molecular formula is C15H7F3N2O4. The van der Waals surface area contributed by atoms with E-state index in [9.17, 15) is 32.9 Å². The van der Waals surface area contributed by atoms with Crippen LogP contribution in [0.25, 0.3) is 11.1 Å². The number of alkyl halides is 3. The van der Waals surface area contributed by atoms with Crippen LogP contribution in [0.15, 0.2) is 36.4 Å². The Morgan fingerprint density at radius 3 is 2.33 bits per heavy atom. The zero-order valence-corrected chi connectivity index (χ0v) is 11.7. The number of nitrogens with zero attached hydrogens (tertiary/aromatic N) is 1. The zero-order chi connectivity index (χ0) is 17.6. The van der Waals surface area contributed by atoms with Crippen molar-refractivity contribution in [2.45, 2.75) is 6.18 Å². The first-order valence-corrected chi connectivity index (χ1v) is 6.54. The first-order chi connectivity index (χ1) is 11.2. The van der Waals surface area contributed by atoms with Gasteiger partial charge in [-0.05, 0) is 29.8 Å². The summed E-state index contributed by atoms with van der Waals surface area (Å²) in [6.45, 7) is 0. The lowest BCUT2D eigenvalue weighted by molar-refractivity contribution is -0.384. The van der Waals surface area contributed by atoms with Gasteiger partial charge in [-0.25, -0.2) is 0 Å². The molecule has 122 valence electrons. The maximum atomic E-state index is 12.7. The van der Waals surface area contributed by atoms with Crippen molar-refractivity contribution >= 4 is 23.1 Å². The van der Waals surface area contributed by atoms with E-state index in [-0.39, 0.29) is 22.4 Å². The molecule has 1 amide bonds. The highest BCUT2D eigenvalue weighted by Crippen LogP contribution is 2.38. The van der Waals surface area contributed by atoms with Gasteiger partial charge in [-0.15, -0.1) is 0 Å². The molecule has 1 aliphatic rings. The van der Waals surface area contributed by atoms with Crippen molar-refractivity contribution in [3.05, 3.63) is 57.6 Å². The molecule has 0 saturated carbocycles. The number of hydrogen-bond acceptors (Lipinski definition) is 4. The number of fused-ring (bicyclic) bond motifs is 1. The fraction of sp³-hybridized carbons (Fsp3) is 0.0667. The maximum absolute atomic E-state index is 12.7. The van der Waals surface area contributed by atoms with Crippen molar-refractivity contribution in [3.63, 3.8) is 0 Å². The summed E-state index contributed by atoms with van der Waals surface area (Å²) >= 11 is 0. The first kappa shape index (κ1) is 15.7. The second kappa shape index (κ2) is 5.15. The van der Waals surface area contributed by atoms with E-state index in [1.54, 1.807) is 0 Å². The van der Waals surface area contributed by atoms with Gasteiger partial charge in [0.1, 0.15) is 0 Å². The van der Waals surface area contributed by atoms with Gasteiger partial charge in [0, 0.05) is 6.07 Å². The van der Waals surface area contributed by atoms with E-state index in [2.05, 4.69) is 5.32 Å². The van der Waals surface area contributed by atoms with Gasteiger partial charge < -0.3 is 5.32 Å². The summed E-state index contributed by atoms with van der Waals surface area (Å²) in [7, 11) is 0. The van der Waals surface area contributed by atoms with Crippen LogP contribution in [0.5, 0.6) is 0 Å². The molecule has 6 nitrogen and oxygen atoms in total. The lowest BCUT2D eigenvalue weighted by Gasteiger charge is -2.09. The number of halogens is 3. The van der Waals surface area contributed by atoms with E-state index in [0.717, 1.165) is 12.1 Å². The summed E-state index contributed by atoms with van der Waals surface area (Å²) in [5, 5.41) is 13.5. The highest BCUT2D eigenvalue weighted by Gasteiger charge is 2.34. The molecule has 2 aromatic rings. The van der Waals surface area contributed by atoms with Crippen LogP contribution >= 0.6 is 0 Å². The first-order valence-electron chi connectivity index (χ1n) is 6.54. The number of ketones is 1. The van der Waals surface area contributed by atoms with Gasteiger partial charge in [0.25, 0.3) is 17.4 Å². The Hall–Kier alpha value is -3.23. The van der Waals surface area contributed by atoms with E-state index < -0.39 is 34.0 Å². The number of carbonyl (C=O) groups excluding carboxylic acids is 2. The second-order valence-electron chi connectivity index (χ2n) is 5.03. The van der Waals surface area contributed by atoms with E-state index >= 15 is 0 Å². The van der Waals surface area contributed by atoms with Crippen LogP contribution in [-0.2, 0) is 11.0 Å². The molecule has 0 bridgehead atoms. The summed E-state index contributed by atoms with van der Waals surface area (Å²) in [6, 6.07) is 6.12. The van der Waals surface area contributed by atoms with Gasteiger partial charge in [0.2, 0.25) is 0 Å². The minimum Gasteiger partial charge on any atom is -0.318 e. The molecule has 0 saturated heterocycles. The van der Waals surface area contributed by atoms with Crippen LogP contribution in [0.4, 0.5) is 24.5 Å². The fourth-order valence-electron chi connectivity index (χ4n) is 2.41. The Balaban J connectivity index is 2.15. The van der Waals surface area contributed by atoms with Gasteiger partial charge in [0.05, 0.1) is 27.3 Å². The third-order valence-electron chi connectivity index (χ3n) is 3.55. The highest BCUT2D eigenvalue weighted by molar-refractivity contribution is 6.51. The van der Waals surface area contributed by atoms with Crippen molar-refractivity contribution in [1.82, 2.24) is 0 Å². The van der Waals surface area contributed by atoms with Crippen LogP contribution < -0.4 is 5.32 Å². The molecule has 2 aromatic carbocycles. The fourth-order valence-corrected chi connectivity index (χ4v) is 2.41. The average molecular weight is 336 g/mol. The normalized spacial score (nSPS) is 13.6. The Kier molecular flexibility index (Phi) is 3.36. The quantitative estimate of drug-likeness (QED) is 0.517. The monoisotopic (exact) mass is 336 g/mol. The minimum absolute atomic E-state index is 0.0201. The molecule has 24 heavy (non-hydrogen) atoms. The van der Waals surface area contributed by atoms with E-state index in [4.69, 9.17) is 0 Å². The SMILES string of the molecule is O=C1Nc2ccc(-c3ccc(C(F)(F)F)cc3[N+](=O)[O-])cc2C1=O. The zero-order valence-electron chi connectivity index (χ0n) is 11.7. The number of hydrogen-bond donors (Lipinski definition) is 1. The third-order valence-corrected chi connectivity index (χ3v) is 3.55. The number of anilines is 1. The lowest BCUT2D eigenvalue weighted by atomic mass is 9.98. The largest absolute Gasteiger partial charge is 0.416 e. The number of rotatable bonds is 2. The number of Topliss-reactive ketones (excluding diaryl/α,β-unsaturated/α-hetero) is 1. The van der Waals surface area contributed by atoms with Crippen LogP contribution in [0.1, 0.15) is 15.9 Å². The molecule has 1 aliphatic heterocycles. The summed E-state index contributed by atoms with van der Waals surface area (Å²) in [5.41, 5.74) is -1.53. The highest BCUT2D eigenvalue weighted by atomic mass is 19.4. The molecule has 3 rings (SSSR count). The van der Waals surface area contributed by atoms with Crippen molar-refractivity contribution in [3.8, 4) is 11.1 Å². The molecule has 0 fully saturated rings. The van der Waals surface area contributed by atoms with Crippen LogP contribution in [0.3, 0.4) is 0 Å². The summed E-state index contributed by atoms with van der Waals surface area (Å²) < 4.78 is 38.2. The number of amides is 1. The predicted octanol–water partition coefficient (Wildman–Crippen LogP) is 3.42. The molecular weight excluding hydrogens is 329 g/mol. The van der Waals surface area contributed by atoms with Crippen LogP contribution in [-0.4, -0.2) is 16.6 Å². The van der Waals surface area contributed by atoms with Crippen molar-refractivity contribution in [2.24, 2.45) is 0 Å². The van der Waals surface area contributed by atoms with Crippen LogP contribution in [0, 0.1) is 10.1 Å². The lowest BCUT2D eigenvalue weighted by Crippen LogP contribution is -2.12. The Bertz CT molecular complexity index is 906. The van der Waals surface area contributed by atoms with Crippen molar-refractivity contribution < 1.29 is 27.7 Å². The van der Waals surface area contributed by atoms with Gasteiger partial charge in [-0.2, -0.15) is 13.2 Å². The molecule has 0 unspecified atom stereocenters. The summed E-state index contributed by atoms with van der Waals surface area (Å²) in [5.74, 6) is -1.63. The van der Waals surface area contributed by atoms with Gasteiger partial charge in [-0.3, -0.25) is 19.7 Å². The van der Waals surface area contributed by atoms with E-state index in [1.165, 1.54) is 18.2 Å². The second-order valence-corrected chi connectivity index (χ2v) is 5.03. The van der Waals surface area contributed by atoms with E-state index in [0.29, 0.717) is 6.07 Å². The molecule has 0 atom stereocenters. The number of nitro groups is 1. The molecule has 0 radical (unpaired) electrons. The Morgan fingerprint density at radius 1 is 1.00 bits per heavy atom. The van der Waals surface area contributed by atoms with Crippen LogP contribution in [0.2, 0.25) is 0 Å². The number of benzene rings is 2. The standard InChI is InChI=1S/C15H7F3N2O4/c16-15(17,18)8-2-3-9(12(6-8)20(23)24)7-1-4-11-10(5-7)13(21)14(22)19-11/h1-6H,(H,19,21,22). The average Bonchev–Trinajstić information content (AvgIpc) is 2.80. The molecule has 0 aromatic heterocycles. The molecule has 0 aliphatic carbocycles. The van der Waals surface area contributed by atoms with Crippen molar-refractivity contribution in [2.75, 3.05) is 5.32 Å². The molecule has 9 heteroatoms. The predicted molar refractivity (Wildman–Crippen MR) is 76.5 cm³/mol. The van der Waals surface area contributed by atoms with Gasteiger partial charge >= 0.3 is 6.18 Å². The smallest absolute Gasteiger partial charge is 0.318 e. The number of nitro benzene ring substituents is 1. The molecule has 0 spiro atoms. The van der Waals surface area contributed by atoms with Gasteiger partial charge in [-0.1, -0.05) is 6.07 Å². The van der Waals surface area contributed by atoms with E-state index in [1.807, 2.05) is 0 Å². The number of carbonyl (C=O) groups is 2. The third kappa shape index (κ3) is 2.49. The topological polar surface area (TPSA) is 89.3 Å². The minimum atomic E-state index is -4.71. The number of nitrogens with one attached hydrogen (secondary N) is 1. The molecule has 1 heterocycles. The van der Waals surface area contributed by atoms with Gasteiger partial charge in [0.15, 0.2) is 0 Å².